The van der Waals surface area contributed by atoms with Gasteiger partial charge in [-0.05, 0) is 60.7 Å². The van der Waals surface area contributed by atoms with Gasteiger partial charge in [0.2, 0.25) is 0 Å². The molecule has 0 amide bonds. The molecule has 0 spiro atoms. The third-order valence-corrected chi connectivity index (χ3v) is 4.63. The molecular weight excluding hydrogens is 248 g/mol. The van der Waals surface area contributed by atoms with Crippen molar-refractivity contribution in [2.24, 2.45) is 0 Å². The predicted octanol–water partition coefficient (Wildman–Crippen LogP) is 3.36. The molecular formula is C17H18N2O. The molecule has 2 aliphatic rings. The van der Waals surface area contributed by atoms with Crippen LogP contribution in [0.15, 0.2) is 42.7 Å². The quantitative estimate of drug-likeness (QED) is 0.833. The zero-order valence-corrected chi connectivity index (χ0v) is 11.6. The van der Waals surface area contributed by atoms with Crippen LogP contribution in [0.25, 0.3) is 0 Å². The number of fused-ring (bicyclic) bond motifs is 4. The van der Waals surface area contributed by atoms with Crippen LogP contribution < -0.4 is 9.64 Å². The molecule has 2 bridgehead atoms. The zero-order valence-electron chi connectivity index (χ0n) is 11.6. The van der Waals surface area contributed by atoms with Gasteiger partial charge in [-0.2, -0.15) is 0 Å². The van der Waals surface area contributed by atoms with Gasteiger partial charge in [-0.1, -0.05) is 0 Å². The van der Waals surface area contributed by atoms with Gasteiger partial charge in [0.15, 0.2) is 0 Å². The standard InChI is InChI=1S/C17H18N2O/c1-20-15-5-2-13(3-6-15)19-14-4-7-17(19)16-11-18-9-8-12(16)10-14/h2-3,5-6,8-9,11,14,17H,4,7,10H2,1H3. The normalized spacial score (nSPS) is 23.6. The fraction of sp³-hybridized carbons (Fsp3) is 0.353. The molecule has 2 atom stereocenters. The van der Waals surface area contributed by atoms with E-state index < -0.39 is 0 Å². The highest BCUT2D eigenvalue weighted by molar-refractivity contribution is 5.56. The van der Waals surface area contributed by atoms with Crippen LogP contribution in [0.5, 0.6) is 5.75 Å². The van der Waals surface area contributed by atoms with E-state index in [1.807, 2.05) is 18.3 Å². The second kappa shape index (κ2) is 4.51. The number of nitrogens with zero attached hydrogens (tertiary/aromatic N) is 2. The maximum absolute atomic E-state index is 5.25. The maximum Gasteiger partial charge on any atom is 0.119 e. The highest BCUT2D eigenvalue weighted by Gasteiger charge is 2.39. The number of methoxy groups -OCH3 is 1. The summed E-state index contributed by atoms with van der Waals surface area (Å²) in [5.74, 6) is 0.917. The van der Waals surface area contributed by atoms with Crippen molar-refractivity contribution in [1.29, 1.82) is 0 Å². The Labute approximate surface area is 119 Å². The van der Waals surface area contributed by atoms with Gasteiger partial charge in [-0.15, -0.1) is 0 Å². The molecule has 2 aromatic rings. The van der Waals surface area contributed by atoms with Crippen LogP contribution in [0.3, 0.4) is 0 Å². The molecule has 2 aliphatic heterocycles. The van der Waals surface area contributed by atoms with Crippen LogP contribution in [0, 0.1) is 0 Å². The second-order valence-corrected chi connectivity index (χ2v) is 5.63. The monoisotopic (exact) mass is 266 g/mol. The van der Waals surface area contributed by atoms with E-state index in [1.165, 1.54) is 29.7 Å². The first-order valence-corrected chi connectivity index (χ1v) is 7.22. The van der Waals surface area contributed by atoms with Crippen molar-refractivity contribution in [3.05, 3.63) is 53.9 Å². The smallest absolute Gasteiger partial charge is 0.119 e. The molecule has 1 saturated heterocycles. The van der Waals surface area contributed by atoms with E-state index in [2.05, 4.69) is 34.3 Å². The molecule has 1 aromatic heterocycles. The maximum atomic E-state index is 5.25. The predicted molar refractivity (Wildman–Crippen MR) is 79.2 cm³/mol. The van der Waals surface area contributed by atoms with Gasteiger partial charge in [0, 0.05) is 24.1 Å². The first-order chi connectivity index (χ1) is 9.86. The van der Waals surface area contributed by atoms with Crippen molar-refractivity contribution in [2.75, 3.05) is 12.0 Å². The number of rotatable bonds is 2. The Bertz CT molecular complexity index is 623. The molecule has 0 radical (unpaired) electrons. The summed E-state index contributed by atoms with van der Waals surface area (Å²) in [6, 6.07) is 11.7. The Morgan fingerprint density at radius 2 is 2.00 bits per heavy atom. The lowest BCUT2D eigenvalue weighted by atomic mass is 9.94. The van der Waals surface area contributed by atoms with E-state index in [0.29, 0.717) is 12.1 Å². The van der Waals surface area contributed by atoms with Crippen LogP contribution in [0.4, 0.5) is 5.69 Å². The average Bonchev–Trinajstić information content (AvgIpc) is 2.82. The summed E-state index contributed by atoms with van der Waals surface area (Å²) in [4.78, 5) is 6.90. The molecule has 20 heavy (non-hydrogen) atoms. The van der Waals surface area contributed by atoms with E-state index in [1.54, 1.807) is 7.11 Å². The third kappa shape index (κ3) is 1.69. The summed E-state index contributed by atoms with van der Waals surface area (Å²) < 4.78 is 5.25. The molecule has 0 N–H and O–H groups in total. The first-order valence-electron chi connectivity index (χ1n) is 7.22. The summed E-state index contributed by atoms with van der Waals surface area (Å²) in [5, 5.41) is 0. The fourth-order valence-electron chi connectivity index (χ4n) is 3.71. The van der Waals surface area contributed by atoms with E-state index >= 15 is 0 Å². The van der Waals surface area contributed by atoms with E-state index in [4.69, 9.17) is 4.74 Å². The SMILES string of the molecule is COc1ccc(N2C3CCC2c2cnccc2C3)cc1. The molecule has 2 unspecified atom stereocenters. The van der Waals surface area contributed by atoms with Gasteiger partial charge < -0.3 is 9.64 Å². The summed E-state index contributed by atoms with van der Waals surface area (Å²) in [5.41, 5.74) is 4.20. The van der Waals surface area contributed by atoms with Crippen LogP contribution in [0.1, 0.15) is 30.0 Å². The van der Waals surface area contributed by atoms with Crippen molar-refractivity contribution < 1.29 is 4.74 Å². The molecule has 0 saturated carbocycles. The number of ether oxygens (including phenoxy) is 1. The lowest BCUT2D eigenvalue weighted by molar-refractivity contribution is 0.414. The van der Waals surface area contributed by atoms with Crippen molar-refractivity contribution in [3.63, 3.8) is 0 Å². The van der Waals surface area contributed by atoms with Crippen LogP contribution in [0.2, 0.25) is 0 Å². The fourth-order valence-corrected chi connectivity index (χ4v) is 3.71. The van der Waals surface area contributed by atoms with E-state index in [9.17, 15) is 0 Å². The van der Waals surface area contributed by atoms with E-state index in [0.717, 1.165) is 12.2 Å². The second-order valence-electron chi connectivity index (χ2n) is 5.63. The number of hydrogen-bond acceptors (Lipinski definition) is 3. The van der Waals surface area contributed by atoms with Crippen molar-refractivity contribution in [2.45, 2.75) is 31.3 Å². The Morgan fingerprint density at radius 1 is 1.15 bits per heavy atom. The summed E-state index contributed by atoms with van der Waals surface area (Å²) in [7, 11) is 1.71. The largest absolute Gasteiger partial charge is 0.497 e. The topological polar surface area (TPSA) is 25.4 Å². The van der Waals surface area contributed by atoms with Gasteiger partial charge in [0.05, 0.1) is 13.2 Å². The van der Waals surface area contributed by atoms with Crippen LogP contribution >= 0.6 is 0 Å². The van der Waals surface area contributed by atoms with Gasteiger partial charge in [-0.25, -0.2) is 0 Å². The minimum Gasteiger partial charge on any atom is -0.497 e. The number of hydrogen-bond donors (Lipinski definition) is 0. The number of benzene rings is 1. The van der Waals surface area contributed by atoms with Crippen molar-refractivity contribution >= 4 is 5.69 Å². The summed E-state index contributed by atoms with van der Waals surface area (Å²) in [6.45, 7) is 0. The molecule has 1 fully saturated rings. The minimum atomic E-state index is 0.492. The van der Waals surface area contributed by atoms with Gasteiger partial charge in [0.25, 0.3) is 0 Å². The lowest BCUT2D eigenvalue weighted by Gasteiger charge is -2.38. The third-order valence-electron chi connectivity index (χ3n) is 4.63. The molecule has 3 nitrogen and oxygen atoms in total. The lowest BCUT2D eigenvalue weighted by Crippen LogP contribution is -2.37. The molecule has 102 valence electrons. The Balaban J connectivity index is 1.73. The van der Waals surface area contributed by atoms with Crippen molar-refractivity contribution in [3.8, 4) is 5.75 Å². The Kier molecular flexibility index (Phi) is 2.66. The minimum absolute atomic E-state index is 0.492. The average molecular weight is 266 g/mol. The Morgan fingerprint density at radius 3 is 2.80 bits per heavy atom. The molecule has 0 aliphatic carbocycles. The van der Waals surface area contributed by atoms with Crippen molar-refractivity contribution in [1.82, 2.24) is 4.98 Å². The summed E-state index contributed by atoms with van der Waals surface area (Å²) in [6.07, 6.45) is 7.61. The molecule has 3 heteroatoms. The van der Waals surface area contributed by atoms with E-state index in [-0.39, 0.29) is 0 Å². The van der Waals surface area contributed by atoms with Gasteiger partial charge in [-0.3, -0.25) is 4.98 Å². The molecule has 4 rings (SSSR count). The number of anilines is 1. The molecule has 1 aromatic carbocycles. The van der Waals surface area contributed by atoms with Gasteiger partial charge in [0.1, 0.15) is 5.75 Å². The highest BCUT2D eigenvalue weighted by Crippen LogP contribution is 2.45. The zero-order chi connectivity index (χ0) is 13.5. The van der Waals surface area contributed by atoms with Gasteiger partial charge >= 0.3 is 0 Å². The summed E-state index contributed by atoms with van der Waals surface area (Å²) >= 11 is 0. The molecule has 3 heterocycles. The number of pyridine rings is 1. The van der Waals surface area contributed by atoms with Crippen LogP contribution in [-0.2, 0) is 6.42 Å². The first kappa shape index (κ1) is 11.8. The van der Waals surface area contributed by atoms with Crippen LogP contribution in [-0.4, -0.2) is 18.1 Å². The highest BCUT2D eigenvalue weighted by atomic mass is 16.5. The Hall–Kier alpha value is -2.03. The number of aromatic nitrogens is 1.